The van der Waals surface area contributed by atoms with Crippen molar-refractivity contribution >= 4 is 37.6 Å². The Labute approximate surface area is 127 Å². The van der Waals surface area contributed by atoms with E-state index in [-0.39, 0.29) is 22.6 Å². The zero-order chi connectivity index (χ0) is 14.6. The van der Waals surface area contributed by atoms with Crippen LogP contribution in [-0.4, -0.2) is 44.0 Å². The van der Waals surface area contributed by atoms with E-state index >= 15 is 0 Å². The lowest BCUT2D eigenvalue weighted by atomic mass is 10.4. The van der Waals surface area contributed by atoms with Crippen molar-refractivity contribution in [2.24, 2.45) is 0 Å². The van der Waals surface area contributed by atoms with E-state index in [0.29, 0.717) is 11.1 Å². The summed E-state index contributed by atoms with van der Waals surface area (Å²) in [5.74, 6) is 0. The number of halogens is 2. The van der Waals surface area contributed by atoms with Gasteiger partial charge in [0.1, 0.15) is 10.0 Å². The van der Waals surface area contributed by atoms with Gasteiger partial charge < -0.3 is 4.74 Å². The first-order valence-corrected chi connectivity index (χ1v) is 8.23. The molecule has 1 rings (SSSR count). The SMILES string of the molecule is COCCN(C(C)C)S(=O)(=O)c1cc(Br)cnc1Cl. The topological polar surface area (TPSA) is 59.5 Å². The Morgan fingerprint density at radius 2 is 2.16 bits per heavy atom. The van der Waals surface area contributed by atoms with Gasteiger partial charge in [0.05, 0.1) is 6.61 Å². The maximum Gasteiger partial charge on any atom is 0.246 e. The molecule has 0 aliphatic heterocycles. The second-order valence-corrected chi connectivity index (χ2v) is 7.28. The molecule has 0 aromatic carbocycles. The standard InChI is InChI=1S/C11H16BrClN2O3S/c1-8(2)15(4-5-18-3)19(16,17)10-6-9(12)7-14-11(10)13/h6-8H,4-5H2,1-3H3. The first-order valence-electron chi connectivity index (χ1n) is 5.62. The minimum Gasteiger partial charge on any atom is -0.383 e. The lowest BCUT2D eigenvalue weighted by molar-refractivity contribution is 0.171. The van der Waals surface area contributed by atoms with Crippen molar-refractivity contribution in [3.63, 3.8) is 0 Å². The Bertz CT molecular complexity index is 537. The van der Waals surface area contributed by atoms with Crippen LogP contribution in [-0.2, 0) is 14.8 Å². The first kappa shape index (κ1) is 16.8. The van der Waals surface area contributed by atoms with Crippen LogP contribution in [0.1, 0.15) is 13.8 Å². The Morgan fingerprint density at radius 3 is 2.68 bits per heavy atom. The summed E-state index contributed by atoms with van der Waals surface area (Å²) in [4.78, 5) is 3.84. The van der Waals surface area contributed by atoms with Crippen molar-refractivity contribution in [1.29, 1.82) is 0 Å². The van der Waals surface area contributed by atoms with Crippen LogP contribution in [0, 0.1) is 0 Å². The van der Waals surface area contributed by atoms with E-state index in [1.165, 1.54) is 23.7 Å². The minimum atomic E-state index is -3.70. The van der Waals surface area contributed by atoms with Crippen molar-refractivity contribution < 1.29 is 13.2 Å². The normalized spacial score (nSPS) is 12.4. The molecule has 0 aliphatic carbocycles. The van der Waals surface area contributed by atoms with Crippen molar-refractivity contribution in [3.05, 3.63) is 21.9 Å². The number of methoxy groups -OCH3 is 1. The second kappa shape index (κ2) is 6.99. The summed E-state index contributed by atoms with van der Waals surface area (Å²) >= 11 is 9.09. The first-order chi connectivity index (χ1) is 8.80. The lowest BCUT2D eigenvalue weighted by Crippen LogP contribution is -2.39. The van der Waals surface area contributed by atoms with Crippen molar-refractivity contribution in [3.8, 4) is 0 Å². The van der Waals surface area contributed by atoms with E-state index in [4.69, 9.17) is 16.3 Å². The van der Waals surface area contributed by atoms with Gasteiger partial charge in [0.15, 0.2) is 0 Å². The van der Waals surface area contributed by atoms with Gasteiger partial charge in [-0.2, -0.15) is 4.31 Å². The molecule has 0 amide bonds. The van der Waals surface area contributed by atoms with Crippen LogP contribution in [0.5, 0.6) is 0 Å². The van der Waals surface area contributed by atoms with Crippen LogP contribution < -0.4 is 0 Å². The molecule has 1 aromatic heterocycles. The smallest absolute Gasteiger partial charge is 0.246 e. The van der Waals surface area contributed by atoms with E-state index in [1.807, 2.05) is 0 Å². The number of aromatic nitrogens is 1. The molecule has 0 spiro atoms. The number of nitrogens with zero attached hydrogens (tertiary/aromatic N) is 2. The van der Waals surface area contributed by atoms with E-state index < -0.39 is 10.0 Å². The van der Waals surface area contributed by atoms with Crippen LogP contribution in [0.4, 0.5) is 0 Å². The van der Waals surface area contributed by atoms with E-state index in [9.17, 15) is 8.42 Å². The van der Waals surface area contributed by atoms with Crippen LogP contribution in [0.3, 0.4) is 0 Å². The van der Waals surface area contributed by atoms with Gasteiger partial charge in [0.2, 0.25) is 10.0 Å². The summed E-state index contributed by atoms with van der Waals surface area (Å²) in [6, 6.07) is 1.25. The summed E-state index contributed by atoms with van der Waals surface area (Å²) < 4.78 is 32.0. The molecule has 0 radical (unpaired) electrons. The van der Waals surface area contributed by atoms with Gasteiger partial charge in [0.25, 0.3) is 0 Å². The number of hydrogen-bond acceptors (Lipinski definition) is 4. The summed E-state index contributed by atoms with van der Waals surface area (Å²) in [5, 5.41) is -0.0359. The number of pyridine rings is 1. The summed E-state index contributed by atoms with van der Waals surface area (Å²) in [6.07, 6.45) is 1.45. The predicted octanol–water partition coefficient (Wildman–Crippen LogP) is 2.54. The predicted molar refractivity (Wildman–Crippen MR) is 77.9 cm³/mol. The zero-order valence-electron chi connectivity index (χ0n) is 10.9. The highest BCUT2D eigenvalue weighted by Gasteiger charge is 2.29. The molecule has 0 atom stereocenters. The third-order valence-electron chi connectivity index (χ3n) is 2.45. The van der Waals surface area contributed by atoms with Gasteiger partial charge in [-0.3, -0.25) is 0 Å². The van der Waals surface area contributed by atoms with Crippen LogP contribution in [0.2, 0.25) is 5.15 Å². The Hall–Kier alpha value is -0.210. The highest BCUT2D eigenvalue weighted by Crippen LogP contribution is 2.26. The number of sulfonamides is 1. The number of ether oxygens (including phenoxy) is 1. The molecule has 108 valence electrons. The van der Waals surface area contributed by atoms with Gasteiger partial charge in [0, 0.05) is 30.4 Å². The van der Waals surface area contributed by atoms with Crippen LogP contribution in [0.15, 0.2) is 21.6 Å². The molecule has 1 heterocycles. The van der Waals surface area contributed by atoms with Gasteiger partial charge in [-0.15, -0.1) is 0 Å². The minimum absolute atomic E-state index is 0.00616. The zero-order valence-corrected chi connectivity index (χ0v) is 14.1. The molecule has 8 heteroatoms. The highest BCUT2D eigenvalue weighted by molar-refractivity contribution is 9.10. The third kappa shape index (κ3) is 4.13. The Kier molecular flexibility index (Phi) is 6.19. The van der Waals surface area contributed by atoms with E-state index in [2.05, 4.69) is 20.9 Å². The van der Waals surface area contributed by atoms with Crippen molar-refractivity contribution in [1.82, 2.24) is 9.29 Å². The highest BCUT2D eigenvalue weighted by atomic mass is 79.9. The fourth-order valence-corrected chi connectivity index (χ4v) is 4.09. The fourth-order valence-electron chi connectivity index (χ4n) is 1.55. The van der Waals surface area contributed by atoms with Gasteiger partial charge in [-0.25, -0.2) is 13.4 Å². The van der Waals surface area contributed by atoms with Crippen molar-refractivity contribution in [2.75, 3.05) is 20.3 Å². The third-order valence-corrected chi connectivity index (χ3v) is 5.39. The monoisotopic (exact) mass is 370 g/mol. The molecule has 0 bridgehead atoms. The molecule has 1 aromatic rings. The molecule has 0 N–H and O–H groups in total. The quantitative estimate of drug-likeness (QED) is 0.721. The molecule has 0 fully saturated rings. The molecule has 19 heavy (non-hydrogen) atoms. The van der Waals surface area contributed by atoms with E-state index in [0.717, 1.165) is 0 Å². The number of rotatable bonds is 6. The molecular weight excluding hydrogens is 356 g/mol. The van der Waals surface area contributed by atoms with Crippen LogP contribution >= 0.6 is 27.5 Å². The molecule has 5 nitrogen and oxygen atoms in total. The maximum absolute atomic E-state index is 12.6. The van der Waals surface area contributed by atoms with E-state index in [1.54, 1.807) is 13.8 Å². The lowest BCUT2D eigenvalue weighted by Gasteiger charge is -2.25. The molecule has 0 unspecified atom stereocenters. The maximum atomic E-state index is 12.6. The van der Waals surface area contributed by atoms with Gasteiger partial charge in [-0.05, 0) is 35.8 Å². The summed E-state index contributed by atoms with van der Waals surface area (Å²) in [6.45, 7) is 4.18. The largest absolute Gasteiger partial charge is 0.383 e. The number of hydrogen-bond donors (Lipinski definition) is 0. The average molecular weight is 372 g/mol. The average Bonchev–Trinajstić information content (AvgIpc) is 2.32. The van der Waals surface area contributed by atoms with Crippen LogP contribution in [0.25, 0.3) is 0 Å². The van der Waals surface area contributed by atoms with Gasteiger partial charge in [-0.1, -0.05) is 11.6 Å². The Morgan fingerprint density at radius 1 is 1.53 bits per heavy atom. The molecule has 0 saturated heterocycles. The summed E-state index contributed by atoms with van der Waals surface area (Å²) in [7, 11) is -2.17. The molecule has 0 saturated carbocycles. The molecule has 0 aliphatic rings. The molecular formula is C11H16BrClN2O3S. The van der Waals surface area contributed by atoms with Crippen molar-refractivity contribution in [2.45, 2.75) is 24.8 Å². The Balaban J connectivity index is 3.22. The van der Waals surface area contributed by atoms with Gasteiger partial charge >= 0.3 is 0 Å². The summed E-state index contributed by atoms with van der Waals surface area (Å²) in [5.41, 5.74) is 0. The second-order valence-electron chi connectivity index (χ2n) is 4.14. The fraction of sp³-hybridized carbons (Fsp3) is 0.545.